The second-order valence-electron chi connectivity index (χ2n) is 7.06. The van der Waals surface area contributed by atoms with Crippen LogP contribution < -0.4 is 15.0 Å². The minimum Gasteiger partial charge on any atom is -0.493 e. The molecule has 0 fully saturated rings. The molecule has 3 aromatic rings. The molecule has 0 bridgehead atoms. The molecular weight excluding hydrogens is 406 g/mol. The van der Waals surface area contributed by atoms with Gasteiger partial charge in [-0.15, -0.1) is 11.3 Å². The Bertz CT molecular complexity index is 1140. The fourth-order valence-electron chi connectivity index (χ4n) is 3.93. The summed E-state index contributed by atoms with van der Waals surface area (Å²) in [7, 11) is 4.59. The molecule has 30 heavy (non-hydrogen) atoms. The van der Waals surface area contributed by atoms with Crippen LogP contribution in [0, 0.1) is 0 Å². The van der Waals surface area contributed by atoms with Crippen molar-refractivity contribution in [3.63, 3.8) is 0 Å². The minimum absolute atomic E-state index is 0.107. The van der Waals surface area contributed by atoms with Gasteiger partial charge in [0, 0.05) is 36.8 Å². The van der Waals surface area contributed by atoms with Crippen LogP contribution in [-0.2, 0) is 22.5 Å². The standard InChI is InChI=1S/C21H23N3O5S/c1-27-17-8-13-4-5-23(12-14-9-19(25)24-6-7-30-21(24)22-14)16(11-20(26)29-3)15(13)10-18(17)28-2/h6-10,16H,4-5,11-12H2,1-3H3. The molecule has 4 rings (SSSR count). The normalized spacial score (nSPS) is 16.3. The highest BCUT2D eigenvalue weighted by molar-refractivity contribution is 7.15. The molecular formula is C21H23N3O5S. The summed E-state index contributed by atoms with van der Waals surface area (Å²) in [6.07, 6.45) is 2.70. The topological polar surface area (TPSA) is 82.4 Å². The van der Waals surface area contributed by atoms with Gasteiger partial charge < -0.3 is 14.2 Å². The van der Waals surface area contributed by atoms with Crippen molar-refractivity contribution in [2.24, 2.45) is 0 Å². The summed E-state index contributed by atoms with van der Waals surface area (Å²) in [5.74, 6) is 0.984. The number of fused-ring (bicyclic) bond motifs is 2. The zero-order valence-electron chi connectivity index (χ0n) is 17.1. The minimum atomic E-state index is -0.297. The van der Waals surface area contributed by atoms with Crippen LogP contribution in [0.15, 0.2) is 34.6 Å². The quantitative estimate of drug-likeness (QED) is 0.557. The molecule has 1 atom stereocenters. The number of nitrogens with zero attached hydrogens (tertiary/aromatic N) is 3. The first kappa shape index (κ1) is 20.4. The summed E-state index contributed by atoms with van der Waals surface area (Å²) in [5.41, 5.74) is 2.68. The first-order chi connectivity index (χ1) is 14.5. The number of thiazole rings is 1. The Kier molecular flexibility index (Phi) is 5.74. The monoisotopic (exact) mass is 429 g/mol. The molecule has 1 aliphatic rings. The van der Waals surface area contributed by atoms with Crippen LogP contribution in [0.1, 0.15) is 29.3 Å². The number of carbonyl (C=O) groups excluding carboxylic acids is 1. The lowest BCUT2D eigenvalue weighted by atomic mass is 9.90. The number of hydrogen-bond acceptors (Lipinski definition) is 8. The summed E-state index contributed by atoms with van der Waals surface area (Å²) >= 11 is 1.42. The van der Waals surface area contributed by atoms with Gasteiger partial charge in [0.15, 0.2) is 16.5 Å². The van der Waals surface area contributed by atoms with Crippen LogP contribution in [-0.4, -0.2) is 48.1 Å². The van der Waals surface area contributed by atoms with Gasteiger partial charge in [0.1, 0.15) is 0 Å². The number of carbonyl (C=O) groups is 1. The van der Waals surface area contributed by atoms with Gasteiger partial charge in [-0.3, -0.25) is 18.9 Å². The van der Waals surface area contributed by atoms with Crippen LogP contribution in [0.25, 0.3) is 4.96 Å². The molecule has 2 aromatic heterocycles. The van der Waals surface area contributed by atoms with Crippen molar-refractivity contribution in [1.29, 1.82) is 0 Å². The molecule has 0 N–H and O–H groups in total. The summed E-state index contributed by atoms with van der Waals surface area (Å²) in [4.78, 5) is 32.0. The van der Waals surface area contributed by atoms with Crippen LogP contribution in [0.4, 0.5) is 0 Å². The highest BCUT2D eigenvalue weighted by atomic mass is 32.1. The maximum absolute atomic E-state index is 12.4. The van der Waals surface area contributed by atoms with E-state index in [1.807, 2.05) is 17.5 Å². The van der Waals surface area contributed by atoms with Crippen molar-refractivity contribution in [1.82, 2.24) is 14.3 Å². The number of methoxy groups -OCH3 is 3. The molecule has 0 aliphatic carbocycles. The lowest BCUT2D eigenvalue weighted by molar-refractivity contribution is -0.142. The van der Waals surface area contributed by atoms with Gasteiger partial charge in [0.25, 0.3) is 5.56 Å². The lowest BCUT2D eigenvalue weighted by Crippen LogP contribution is -2.37. The summed E-state index contributed by atoms with van der Waals surface area (Å²) in [6, 6.07) is 5.24. The van der Waals surface area contributed by atoms with Gasteiger partial charge in [-0.1, -0.05) is 0 Å². The van der Waals surface area contributed by atoms with Gasteiger partial charge in [0.2, 0.25) is 0 Å². The second-order valence-corrected chi connectivity index (χ2v) is 7.94. The average Bonchev–Trinajstić information content (AvgIpc) is 3.23. The lowest BCUT2D eigenvalue weighted by Gasteiger charge is -2.37. The van der Waals surface area contributed by atoms with Gasteiger partial charge in [0.05, 0.1) is 33.4 Å². The summed E-state index contributed by atoms with van der Waals surface area (Å²) in [5, 5.41) is 1.84. The molecule has 0 amide bonds. The molecule has 1 aromatic carbocycles. The van der Waals surface area contributed by atoms with Gasteiger partial charge in [-0.25, -0.2) is 4.98 Å². The summed E-state index contributed by atoms with van der Waals surface area (Å²) in [6.45, 7) is 1.18. The van der Waals surface area contributed by atoms with E-state index < -0.39 is 0 Å². The number of esters is 1. The van der Waals surface area contributed by atoms with E-state index in [9.17, 15) is 9.59 Å². The Morgan fingerprint density at radius 1 is 1.20 bits per heavy atom. The third kappa shape index (κ3) is 3.78. The fraction of sp³-hybridized carbons (Fsp3) is 0.381. The molecule has 158 valence electrons. The van der Waals surface area contributed by atoms with Crippen molar-refractivity contribution in [3.05, 3.63) is 57.0 Å². The van der Waals surface area contributed by atoms with Crippen LogP contribution in [0.2, 0.25) is 0 Å². The fourth-order valence-corrected chi connectivity index (χ4v) is 4.67. The Hall–Kier alpha value is -2.91. The average molecular weight is 429 g/mol. The number of hydrogen-bond donors (Lipinski definition) is 0. The predicted molar refractivity (Wildman–Crippen MR) is 112 cm³/mol. The van der Waals surface area contributed by atoms with E-state index in [0.29, 0.717) is 28.7 Å². The summed E-state index contributed by atoms with van der Waals surface area (Å²) < 4.78 is 17.4. The molecule has 8 nitrogen and oxygen atoms in total. The highest BCUT2D eigenvalue weighted by Gasteiger charge is 2.31. The van der Waals surface area contributed by atoms with Crippen molar-refractivity contribution in [2.45, 2.75) is 25.4 Å². The number of benzene rings is 1. The largest absolute Gasteiger partial charge is 0.493 e. The highest BCUT2D eigenvalue weighted by Crippen LogP contribution is 2.40. The van der Waals surface area contributed by atoms with E-state index in [0.717, 1.165) is 24.1 Å². The maximum atomic E-state index is 12.4. The second kappa shape index (κ2) is 8.45. The van der Waals surface area contributed by atoms with Gasteiger partial charge in [-0.05, 0) is 29.7 Å². The Balaban J connectivity index is 1.71. The van der Waals surface area contributed by atoms with Crippen molar-refractivity contribution < 1.29 is 19.0 Å². The number of ether oxygens (including phenoxy) is 3. The smallest absolute Gasteiger partial charge is 0.307 e. The van der Waals surface area contributed by atoms with Gasteiger partial charge in [-0.2, -0.15) is 0 Å². The Labute approximate surface area is 177 Å². The Morgan fingerprint density at radius 2 is 1.97 bits per heavy atom. The van der Waals surface area contributed by atoms with Crippen LogP contribution in [0.3, 0.4) is 0 Å². The molecule has 1 unspecified atom stereocenters. The van der Waals surface area contributed by atoms with E-state index in [1.54, 1.807) is 26.5 Å². The van der Waals surface area contributed by atoms with E-state index in [2.05, 4.69) is 9.88 Å². The van der Waals surface area contributed by atoms with Crippen molar-refractivity contribution in [3.8, 4) is 11.5 Å². The zero-order valence-corrected chi connectivity index (χ0v) is 17.9. The molecule has 0 radical (unpaired) electrons. The number of rotatable bonds is 6. The predicted octanol–water partition coefficient (Wildman–Crippen LogP) is 2.44. The molecule has 0 spiro atoms. The van der Waals surface area contributed by atoms with Crippen molar-refractivity contribution in [2.75, 3.05) is 27.9 Å². The van der Waals surface area contributed by atoms with E-state index in [-0.39, 0.29) is 24.0 Å². The SMILES string of the molecule is COC(=O)CC1c2cc(OC)c(OC)cc2CCN1Cc1cc(=O)n2ccsc2n1. The van der Waals surface area contributed by atoms with E-state index >= 15 is 0 Å². The van der Waals surface area contributed by atoms with E-state index in [1.165, 1.54) is 22.8 Å². The third-order valence-corrected chi connectivity index (χ3v) is 6.18. The first-order valence-corrected chi connectivity index (χ1v) is 10.4. The molecule has 3 heterocycles. The molecule has 0 saturated carbocycles. The van der Waals surface area contributed by atoms with Gasteiger partial charge >= 0.3 is 5.97 Å². The molecule has 9 heteroatoms. The first-order valence-electron chi connectivity index (χ1n) is 9.55. The van der Waals surface area contributed by atoms with Crippen molar-refractivity contribution >= 4 is 22.3 Å². The van der Waals surface area contributed by atoms with Crippen LogP contribution >= 0.6 is 11.3 Å². The van der Waals surface area contributed by atoms with Crippen LogP contribution in [0.5, 0.6) is 11.5 Å². The Morgan fingerprint density at radius 3 is 2.70 bits per heavy atom. The molecule has 0 saturated heterocycles. The third-order valence-electron chi connectivity index (χ3n) is 5.42. The van der Waals surface area contributed by atoms with E-state index in [4.69, 9.17) is 14.2 Å². The maximum Gasteiger partial charge on any atom is 0.307 e. The zero-order chi connectivity index (χ0) is 21.3. The molecule has 1 aliphatic heterocycles. The number of aromatic nitrogens is 2.